The first-order valence-electron chi connectivity index (χ1n) is 16.8. The Balaban J connectivity index is 1.86. The Kier molecular flexibility index (Phi) is 15.3. The summed E-state index contributed by atoms with van der Waals surface area (Å²) in [6.07, 6.45) is 12.6. The Labute approximate surface area is 270 Å². The van der Waals surface area contributed by atoms with E-state index in [1.54, 1.807) is 6.20 Å². The number of pyridine rings is 1. The standard InChI is InChI=1S/C37H54N4O4/c1-7-8-10-15-29(5)44-23-14-22-41(27(2)3)37(43)34(21-20-31-16-11-9-12-17-31)36(39-26-42)40-30(6)35-28(4)24-33(25-38-35)45-32-18-13-19-32/h9,11-12,16-17,24-27,29,32H,7-8,10,13-15,18-23H2,1-6H3,(H,39,42)/b36-34+,40-30?. The molecule has 1 saturated carbocycles. The van der Waals surface area contributed by atoms with Crippen LogP contribution >= 0.6 is 0 Å². The van der Waals surface area contributed by atoms with E-state index in [0.717, 1.165) is 42.6 Å². The van der Waals surface area contributed by atoms with E-state index in [4.69, 9.17) is 14.5 Å². The van der Waals surface area contributed by atoms with Gasteiger partial charge in [-0.25, -0.2) is 4.99 Å². The van der Waals surface area contributed by atoms with Crippen LogP contribution in [0.15, 0.2) is 59.0 Å². The number of amides is 2. The van der Waals surface area contributed by atoms with Crippen LogP contribution in [0.25, 0.3) is 0 Å². The normalized spacial score (nSPS) is 14.9. The number of carbonyl (C=O) groups is 2. The number of nitrogens with zero attached hydrogens (tertiary/aromatic N) is 3. The number of rotatable bonds is 20. The number of aliphatic imine (C=N–C) groups is 1. The lowest BCUT2D eigenvalue weighted by Crippen LogP contribution is -2.40. The molecule has 1 N–H and O–H groups in total. The van der Waals surface area contributed by atoms with Gasteiger partial charge in [-0.1, -0.05) is 56.5 Å². The molecule has 0 saturated heterocycles. The van der Waals surface area contributed by atoms with E-state index in [2.05, 4.69) is 24.1 Å². The highest BCUT2D eigenvalue weighted by atomic mass is 16.5. The molecule has 45 heavy (non-hydrogen) atoms. The van der Waals surface area contributed by atoms with Gasteiger partial charge < -0.3 is 19.7 Å². The highest BCUT2D eigenvalue weighted by molar-refractivity contribution is 6.00. The van der Waals surface area contributed by atoms with Crippen molar-refractivity contribution in [2.45, 2.75) is 124 Å². The molecule has 0 aliphatic heterocycles. The third kappa shape index (κ3) is 11.7. The number of hydrogen-bond donors (Lipinski definition) is 1. The lowest BCUT2D eigenvalue weighted by molar-refractivity contribution is -0.129. The van der Waals surface area contributed by atoms with Gasteiger partial charge in [-0.3, -0.25) is 14.6 Å². The van der Waals surface area contributed by atoms with E-state index in [-0.39, 0.29) is 30.0 Å². The number of nitrogens with one attached hydrogen (secondary N) is 1. The molecule has 1 heterocycles. The number of carbonyl (C=O) groups excluding carboxylic acids is 2. The summed E-state index contributed by atoms with van der Waals surface area (Å²) in [6.45, 7) is 13.3. The minimum atomic E-state index is -0.133. The van der Waals surface area contributed by atoms with Gasteiger partial charge in [-0.2, -0.15) is 0 Å². The van der Waals surface area contributed by atoms with Crippen LogP contribution in [0.5, 0.6) is 5.75 Å². The van der Waals surface area contributed by atoms with Gasteiger partial charge in [0.05, 0.1) is 35.4 Å². The fourth-order valence-electron chi connectivity index (χ4n) is 5.43. The maximum Gasteiger partial charge on any atom is 0.253 e. The van der Waals surface area contributed by atoms with Crippen LogP contribution < -0.4 is 10.1 Å². The summed E-state index contributed by atoms with van der Waals surface area (Å²) < 4.78 is 12.1. The highest BCUT2D eigenvalue weighted by Gasteiger charge is 2.25. The van der Waals surface area contributed by atoms with Gasteiger partial charge in [0.25, 0.3) is 5.91 Å². The van der Waals surface area contributed by atoms with Crippen molar-refractivity contribution in [3.05, 3.63) is 70.8 Å². The molecule has 1 aliphatic rings. The lowest BCUT2D eigenvalue weighted by Gasteiger charge is -2.29. The molecule has 246 valence electrons. The van der Waals surface area contributed by atoms with Gasteiger partial charge in [0.1, 0.15) is 11.6 Å². The largest absolute Gasteiger partial charge is 0.489 e. The summed E-state index contributed by atoms with van der Waals surface area (Å²) in [5, 5.41) is 2.76. The first-order chi connectivity index (χ1) is 21.7. The van der Waals surface area contributed by atoms with Crippen molar-refractivity contribution in [2.24, 2.45) is 4.99 Å². The molecule has 2 aromatic rings. The van der Waals surface area contributed by atoms with Gasteiger partial charge in [-0.05, 0) is 96.8 Å². The second-order valence-corrected chi connectivity index (χ2v) is 12.4. The summed E-state index contributed by atoms with van der Waals surface area (Å²) in [7, 11) is 0. The van der Waals surface area contributed by atoms with Crippen LogP contribution in [0.2, 0.25) is 0 Å². The fraction of sp³-hybridized carbons (Fsp3) is 0.568. The van der Waals surface area contributed by atoms with Crippen molar-refractivity contribution in [3.63, 3.8) is 0 Å². The van der Waals surface area contributed by atoms with E-state index >= 15 is 0 Å². The smallest absolute Gasteiger partial charge is 0.253 e. The Morgan fingerprint density at radius 2 is 1.91 bits per heavy atom. The number of unbranched alkanes of at least 4 members (excludes halogenated alkanes) is 2. The summed E-state index contributed by atoms with van der Waals surface area (Å²) in [5.74, 6) is 0.874. The lowest BCUT2D eigenvalue weighted by atomic mass is 9.96. The first kappa shape index (κ1) is 36.0. The third-order valence-electron chi connectivity index (χ3n) is 8.32. The molecule has 0 bridgehead atoms. The Morgan fingerprint density at radius 1 is 1.16 bits per heavy atom. The predicted molar refractivity (Wildman–Crippen MR) is 181 cm³/mol. The van der Waals surface area contributed by atoms with E-state index in [0.29, 0.717) is 49.4 Å². The minimum absolute atomic E-state index is 0.0408. The Bertz CT molecular complexity index is 1270. The van der Waals surface area contributed by atoms with Crippen LogP contribution in [-0.4, -0.2) is 59.3 Å². The molecule has 1 aromatic heterocycles. The van der Waals surface area contributed by atoms with Crippen LogP contribution in [0.3, 0.4) is 0 Å². The summed E-state index contributed by atoms with van der Waals surface area (Å²) >= 11 is 0. The van der Waals surface area contributed by atoms with Crippen LogP contribution in [0, 0.1) is 6.92 Å². The zero-order chi connectivity index (χ0) is 32.6. The van der Waals surface area contributed by atoms with E-state index < -0.39 is 0 Å². The molecule has 1 atom stereocenters. The van der Waals surface area contributed by atoms with Crippen molar-refractivity contribution < 1.29 is 19.1 Å². The topological polar surface area (TPSA) is 93.1 Å². The average Bonchev–Trinajstić information content (AvgIpc) is 2.99. The summed E-state index contributed by atoms with van der Waals surface area (Å²) in [6, 6.07) is 12.0. The Hall–Kier alpha value is -3.52. The summed E-state index contributed by atoms with van der Waals surface area (Å²) in [5.41, 5.74) is 3.80. The van der Waals surface area contributed by atoms with Gasteiger partial charge in [0, 0.05) is 19.2 Å². The van der Waals surface area contributed by atoms with Crippen molar-refractivity contribution in [1.29, 1.82) is 0 Å². The second kappa shape index (κ2) is 19.1. The maximum atomic E-state index is 14.3. The monoisotopic (exact) mass is 618 g/mol. The molecule has 1 aromatic carbocycles. The fourth-order valence-corrected chi connectivity index (χ4v) is 5.43. The molecule has 2 amide bonds. The zero-order valence-electron chi connectivity index (χ0n) is 28.3. The molecule has 3 rings (SSSR count). The van der Waals surface area contributed by atoms with Crippen molar-refractivity contribution in [1.82, 2.24) is 15.2 Å². The molecule has 1 fully saturated rings. The van der Waals surface area contributed by atoms with Crippen LogP contribution in [0.4, 0.5) is 0 Å². The second-order valence-electron chi connectivity index (χ2n) is 12.4. The molecule has 1 unspecified atom stereocenters. The highest BCUT2D eigenvalue weighted by Crippen LogP contribution is 2.26. The van der Waals surface area contributed by atoms with Gasteiger partial charge in [0.15, 0.2) is 0 Å². The third-order valence-corrected chi connectivity index (χ3v) is 8.32. The van der Waals surface area contributed by atoms with Crippen LogP contribution in [0.1, 0.15) is 109 Å². The predicted octanol–water partition coefficient (Wildman–Crippen LogP) is 7.33. The number of ether oxygens (including phenoxy) is 2. The van der Waals surface area contributed by atoms with E-state index in [9.17, 15) is 9.59 Å². The van der Waals surface area contributed by atoms with Crippen molar-refractivity contribution >= 4 is 18.0 Å². The maximum absolute atomic E-state index is 14.3. The number of benzene rings is 1. The number of aryl methyl sites for hydroxylation is 2. The molecular formula is C37H54N4O4. The number of aromatic nitrogens is 1. The van der Waals surface area contributed by atoms with Crippen LogP contribution in [-0.2, 0) is 20.7 Å². The molecule has 0 radical (unpaired) electrons. The average molecular weight is 619 g/mol. The SMILES string of the molecule is CCCCCC(C)OCCCN(C(=O)/C(CCc1ccccc1)=C(/N=C(C)c1ncc(OC2CCC2)cc1C)NC=O)C(C)C. The summed E-state index contributed by atoms with van der Waals surface area (Å²) in [4.78, 5) is 37.5. The van der Waals surface area contributed by atoms with Crippen molar-refractivity contribution in [2.75, 3.05) is 13.2 Å². The minimum Gasteiger partial charge on any atom is -0.489 e. The van der Waals surface area contributed by atoms with Gasteiger partial charge in [0.2, 0.25) is 6.41 Å². The van der Waals surface area contributed by atoms with Gasteiger partial charge in [-0.15, -0.1) is 0 Å². The zero-order valence-corrected chi connectivity index (χ0v) is 28.3. The number of hydrogen-bond acceptors (Lipinski definition) is 6. The van der Waals surface area contributed by atoms with Crippen molar-refractivity contribution in [3.8, 4) is 5.75 Å². The Morgan fingerprint density at radius 3 is 2.53 bits per heavy atom. The molecule has 1 aliphatic carbocycles. The first-order valence-corrected chi connectivity index (χ1v) is 16.8. The molecule has 8 nitrogen and oxygen atoms in total. The van der Waals surface area contributed by atoms with E-state index in [1.807, 2.05) is 69.0 Å². The quantitative estimate of drug-likeness (QED) is 0.0726. The van der Waals surface area contributed by atoms with E-state index in [1.165, 1.54) is 25.7 Å². The molecule has 0 spiro atoms. The van der Waals surface area contributed by atoms with Gasteiger partial charge >= 0.3 is 0 Å². The molecular weight excluding hydrogens is 564 g/mol. The molecule has 8 heteroatoms.